The number of aryl methyl sites for hydroxylation is 1. The summed E-state index contributed by atoms with van der Waals surface area (Å²) in [6.07, 6.45) is 4.86. The molecular weight excluding hydrogens is 417 g/mol. The summed E-state index contributed by atoms with van der Waals surface area (Å²) in [5, 5.41) is 5.37. The molecule has 0 amide bonds. The normalized spacial score (nSPS) is 11.0. The van der Waals surface area contributed by atoms with E-state index < -0.39 is 0 Å². The van der Waals surface area contributed by atoms with Crippen molar-refractivity contribution in [3.8, 4) is 17.3 Å². The molecule has 28 heavy (non-hydrogen) atoms. The van der Waals surface area contributed by atoms with Crippen LogP contribution in [0.3, 0.4) is 0 Å². The smallest absolute Gasteiger partial charge is 0.183 e. The lowest BCUT2D eigenvalue weighted by atomic mass is 10.2. The number of aromatic nitrogens is 4. The Balaban J connectivity index is 1.73. The molecule has 1 aromatic carbocycles. The van der Waals surface area contributed by atoms with Crippen LogP contribution in [0.25, 0.3) is 21.7 Å². The lowest BCUT2D eigenvalue weighted by Crippen LogP contribution is -2.04. The number of anilines is 1. The van der Waals surface area contributed by atoms with Crippen molar-refractivity contribution in [3.63, 3.8) is 0 Å². The topological polar surface area (TPSA) is 72.8 Å². The minimum atomic E-state index is 0.494. The highest BCUT2D eigenvalue weighted by molar-refractivity contribution is 7.19. The van der Waals surface area contributed by atoms with Gasteiger partial charge in [0.15, 0.2) is 5.82 Å². The highest BCUT2D eigenvalue weighted by atomic mass is 35.5. The Morgan fingerprint density at radius 1 is 1.18 bits per heavy atom. The first kappa shape index (κ1) is 18.9. The van der Waals surface area contributed by atoms with E-state index in [0.717, 1.165) is 20.7 Å². The summed E-state index contributed by atoms with van der Waals surface area (Å²) in [4.78, 5) is 19.5. The Morgan fingerprint density at radius 2 is 2.04 bits per heavy atom. The summed E-state index contributed by atoms with van der Waals surface area (Å²) in [5.41, 5.74) is 1.59. The van der Waals surface area contributed by atoms with Crippen molar-refractivity contribution >= 4 is 50.6 Å². The number of methoxy groups -OCH3 is 1. The maximum atomic E-state index is 6.52. The second kappa shape index (κ2) is 7.87. The molecule has 6 nitrogen and oxygen atoms in total. The molecule has 0 bridgehead atoms. The third-order valence-electron chi connectivity index (χ3n) is 4.12. The molecule has 0 aliphatic carbocycles. The highest BCUT2D eigenvalue weighted by Gasteiger charge is 2.17. The summed E-state index contributed by atoms with van der Waals surface area (Å²) < 4.78 is 5.20. The second-order valence-electron chi connectivity index (χ2n) is 5.96. The SMILES string of the molecule is COc1ccc(CNc2nc(-c3cnccn3)nc3sc(C)c(Cl)c23)cc1Cl. The van der Waals surface area contributed by atoms with Gasteiger partial charge in [0.25, 0.3) is 0 Å². The fraction of sp³-hybridized carbons (Fsp3) is 0.158. The molecule has 1 N–H and O–H groups in total. The first-order valence-corrected chi connectivity index (χ1v) is 9.93. The van der Waals surface area contributed by atoms with E-state index in [9.17, 15) is 0 Å². The van der Waals surface area contributed by atoms with Crippen molar-refractivity contribution in [2.24, 2.45) is 0 Å². The number of rotatable bonds is 5. The van der Waals surface area contributed by atoms with Gasteiger partial charge in [-0.1, -0.05) is 29.3 Å². The van der Waals surface area contributed by atoms with Crippen LogP contribution in [0.5, 0.6) is 5.75 Å². The molecule has 4 aromatic rings. The Morgan fingerprint density at radius 3 is 2.75 bits per heavy atom. The molecule has 9 heteroatoms. The summed E-state index contributed by atoms with van der Waals surface area (Å²) in [6.45, 7) is 2.48. The van der Waals surface area contributed by atoms with E-state index in [-0.39, 0.29) is 0 Å². The molecule has 0 aliphatic heterocycles. The predicted molar refractivity (Wildman–Crippen MR) is 114 cm³/mol. The average molecular weight is 432 g/mol. The molecule has 142 valence electrons. The maximum absolute atomic E-state index is 6.52. The van der Waals surface area contributed by atoms with Gasteiger partial charge < -0.3 is 10.1 Å². The first-order chi connectivity index (χ1) is 13.6. The van der Waals surface area contributed by atoms with Crippen LogP contribution in [0.2, 0.25) is 10.0 Å². The molecule has 0 saturated carbocycles. The van der Waals surface area contributed by atoms with Crippen molar-refractivity contribution in [2.45, 2.75) is 13.5 Å². The van der Waals surface area contributed by atoms with Crippen molar-refractivity contribution in [1.82, 2.24) is 19.9 Å². The predicted octanol–water partition coefficient (Wildman–Crippen LogP) is 5.38. The van der Waals surface area contributed by atoms with E-state index in [1.54, 1.807) is 25.7 Å². The molecule has 0 saturated heterocycles. The zero-order valence-corrected chi connectivity index (χ0v) is 17.4. The molecule has 0 radical (unpaired) electrons. The molecule has 3 heterocycles. The van der Waals surface area contributed by atoms with Crippen molar-refractivity contribution in [2.75, 3.05) is 12.4 Å². The van der Waals surface area contributed by atoms with Gasteiger partial charge in [-0.15, -0.1) is 11.3 Å². The van der Waals surface area contributed by atoms with Gasteiger partial charge in [-0.05, 0) is 24.6 Å². The molecule has 0 unspecified atom stereocenters. The van der Waals surface area contributed by atoms with Gasteiger partial charge in [-0.2, -0.15) is 0 Å². The van der Waals surface area contributed by atoms with Crippen molar-refractivity contribution < 1.29 is 4.74 Å². The number of fused-ring (bicyclic) bond motifs is 1. The van der Waals surface area contributed by atoms with Crippen LogP contribution < -0.4 is 10.1 Å². The van der Waals surface area contributed by atoms with Gasteiger partial charge in [0.2, 0.25) is 0 Å². The van der Waals surface area contributed by atoms with E-state index in [0.29, 0.717) is 39.7 Å². The van der Waals surface area contributed by atoms with Crippen LogP contribution in [0.1, 0.15) is 10.4 Å². The quantitative estimate of drug-likeness (QED) is 0.456. The standard InChI is InChI=1S/C19H15Cl2N5OS/c1-10-16(21)15-18(24-8-11-3-4-14(27-2)12(20)7-11)25-17(26-19(15)28-10)13-9-22-5-6-23-13/h3-7,9H,8H2,1-2H3,(H,24,25,26). The van der Waals surface area contributed by atoms with Crippen LogP contribution in [0.15, 0.2) is 36.8 Å². The number of thiophene rings is 1. The molecule has 0 spiro atoms. The fourth-order valence-electron chi connectivity index (χ4n) is 2.74. The zero-order valence-electron chi connectivity index (χ0n) is 15.0. The lowest BCUT2D eigenvalue weighted by molar-refractivity contribution is 0.415. The Labute approximate surface area is 175 Å². The number of nitrogens with one attached hydrogen (secondary N) is 1. The van der Waals surface area contributed by atoms with E-state index >= 15 is 0 Å². The molecular formula is C19H15Cl2N5OS. The molecule has 0 aliphatic rings. The summed E-state index contributed by atoms with van der Waals surface area (Å²) in [6, 6.07) is 5.64. The number of nitrogens with zero attached hydrogens (tertiary/aromatic N) is 4. The number of benzene rings is 1. The van der Waals surface area contributed by atoms with Gasteiger partial charge in [0, 0.05) is 23.8 Å². The molecule has 0 fully saturated rings. The van der Waals surface area contributed by atoms with Gasteiger partial charge in [0.05, 0.1) is 28.7 Å². The first-order valence-electron chi connectivity index (χ1n) is 8.36. The number of halogens is 2. The third-order valence-corrected chi connectivity index (χ3v) is 6.00. The maximum Gasteiger partial charge on any atom is 0.183 e. The van der Waals surface area contributed by atoms with Crippen LogP contribution in [0.4, 0.5) is 5.82 Å². The summed E-state index contributed by atoms with van der Waals surface area (Å²) in [7, 11) is 1.59. The van der Waals surface area contributed by atoms with Crippen molar-refractivity contribution in [3.05, 3.63) is 57.3 Å². The molecule has 3 aromatic heterocycles. The Hall–Kier alpha value is -2.48. The number of hydrogen-bond donors (Lipinski definition) is 1. The highest BCUT2D eigenvalue weighted by Crippen LogP contribution is 2.38. The third kappa shape index (κ3) is 3.61. The Bertz CT molecular complexity index is 1150. The van der Waals surface area contributed by atoms with Crippen LogP contribution in [-0.2, 0) is 6.54 Å². The molecule has 0 atom stereocenters. The van der Waals surface area contributed by atoms with Gasteiger partial charge in [0.1, 0.15) is 22.1 Å². The van der Waals surface area contributed by atoms with E-state index in [2.05, 4.69) is 25.3 Å². The fourth-order valence-corrected chi connectivity index (χ4v) is 4.29. The number of hydrogen-bond acceptors (Lipinski definition) is 7. The minimum absolute atomic E-state index is 0.494. The van der Waals surface area contributed by atoms with E-state index in [4.69, 9.17) is 27.9 Å². The van der Waals surface area contributed by atoms with E-state index in [1.165, 1.54) is 11.3 Å². The summed E-state index contributed by atoms with van der Waals surface area (Å²) >= 11 is 14.3. The van der Waals surface area contributed by atoms with Crippen LogP contribution >= 0.6 is 34.5 Å². The van der Waals surface area contributed by atoms with Gasteiger partial charge in [-0.25, -0.2) is 15.0 Å². The van der Waals surface area contributed by atoms with Crippen LogP contribution in [0, 0.1) is 6.92 Å². The number of ether oxygens (including phenoxy) is 1. The van der Waals surface area contributed by atoms with E-state index in [1.807, 2.05) is 25.1 Å². The van der Waals surface area contributed by atoms with Gasteiger partial charge in [-0.3, -0.25) is 4.98 Å². The zero-order chi connectivity index (χ0) is 19.7. The molecule has 4 rings (SSSR count). The van der Waals surface area contributed by atoms with Crippen LogP contribution in [-0.4, -0.2) is 27.0 Å². The Kier molecular flexibility index (Phi) is 5.30. The lowest BCUT2D eigenvalue weighted by Gasteiger charge is -2.10. The second-order valence-corrected chi connectivity index (χ2v) is 7.95. The van der Waals surface area contributed by atoms with Crippen molar-refractivity contribution in [1.29, 1.82) is 0 Å². The van der Waals surface area contributed by atoms with Gasteiger partial charge >= 0.3 is 0 Å². The monoisotopic (exact) mass is 431 g/mol. The minimum Gasteiger partial charge on any atom is -0.495 e. The average Bonchev–Trinajstić information content (AvgIpc) is 3.00. The largest absolute Gasteiger partial charge is 0.495 e. The summed E-state index contributed by atoms with van der Waals surface area (Å²) in [5.74, 6) is 1.78.